The maximum Gasteiger partial charge on any atom is 0.281 e. The number of benzene rings is 3. The number of carbonyl (C=O) groups is 1. The summed E-state index contributed by atoms with van der Waals surface area (Å²) in [5, 5.41) is 6.73. The van der Waals surface area contributed by atoms with E-state index in [1.54, 1.807) is 31.4 Å². The van der Waals surface area contributed by atoms with E-state index in [0.29, 0.717) is 17.2 Å². The van der Waals surface area contributed by atoms with Crippen LogP contribution in [0.2, 0.25) is 5.02 Å². The summed E-state index contributed by atoms with van der Waals surface area (Å²) in [5.74, 6) is 1.09. The van der Waals surface area contributed by atoms with Crippen molar-refractivity contribution in [2.24, 2.45) is 5.10 Å². The number of hydrazone groups is 1. The van der Waals surface area contributed by atoms with Crippen molar-refractivity contribution in [1.82, 2.24) is 5.01 Å². The van der Waals surface area contributed by atoms with E-state index in [1.807, 2.05) is 54.6 Å². The zero-order chi connectivity index (χ0) is 20.9. The van der Waals surface area contributed by atoms with Crippen LogP contribution in [-0.2, 0) is 4.79 Å². The smallest absolute Gasteiger partial charge is 0.281 e. The van der Waals surface area contributed by atoms with E-state index in [9.17, 15) is 4.79 Å². The number of halogens is 1. The average Bonchev–Trinajstić information content (AvgIpc) is 3.24. The summed E-state index contributed by atoms with van der Waals surface area (Å²) in [5.41, 5.74) is 2.86. The SMILES string of the molecule is COc1ccc([C@@H]2CC(c3ccccc3)=NN2C(=O)COc2cccc(Cl)c2)cc1. The summed E-state index contributed by atoms with van der Waals surface area (Å²) < 4.78 is 10.9. The summed E-state index contributed by atoms with van der Waals surface area (Å²) in [6.45, 7) is -0.126. The number of methoxy groups -OCH3 is 1. The van der Waals surface area contributed by atoms with Gasteiger partial charge in [0.05, 0.1) is 18.9 Å². The lowest BCUT2D eigenvalue weighted by molar-refractivity contribution is -0.135. The third-order valence-electron chi connectivity index (χ3n) is 4.93. The van der Waals surface area contributed by atoms with Gasteiger partial charge in [0.25, 0.3) is 5.91 Å². The Morgan fingerprint density at radius 1 is 1.03 bits per heavy atom. The summed E-state index contributed by atoms with van der Waals surface area (Å²) >= 11 is 5.99. The Morgan fingerprint density at radius 3 is 2.50 bits per heavy atom. The van der Waals surface area contributed by atoms with Crippen molar-refractivity contribution < 1.29 is 14.3 Å². The molecule has 6 heteroatoms. The molecule has 3 aromatic carbocycles. The highest BCUT2D eigenvalue weighted by molar-refractivity contribution is 6.30. The second-order valence-electron chi connectivity index (χ2n) is 6.89. The summed E-state index contributed by atoms with van der Waals surface area (Å²) in [6, 6.07) is 24.4. The monoisotopic (exact) mass is 420 g/mol. The Labute approximate surface area is 180 Å². The number of rotatable bonds is 6. The van der Waals surface area contributed by atoms with Crippen molar-refractivity contribution in [3.8, 4) is 11.5 Å². The van der Waals surface area contributed by atoms with Crippen molar-refractivity contribution in [3.05, 3.63) is 95.0 Å². The van der Waals surface area contributed by atoms with Gasteiger partial charge in [-0.25, -0.2) is 5.01 Å². The molecule has 1 heterocycles. The van der Waals surface area contributed by atoms with Crippen LogP contribution in [0.15, 0.2) is 84.0 Å². The van der Waals surface area contributed by atoms with Crippen LogP contribution in [0.25, 0.3) is 0 Å². The van der Waals surface area contributed by atoms with E-state index in [4.69, 9.17) is 21.1 Å². The van der Waals surface area contributed by atoms with Gasteiger partial charge in [-0.2, -0.15) is 5.10 Å². The second kappa shape index (κ2) is 9.01. The van der Waals surface area contributed by atoms with Crippen LogP contribution in [0.1, 0.15) is 23.6 Å². The van der Waals surface area contributed by atoms with Gasteiger partial charge in [-0.05, 0) is 41.5 Å². The Balaban J connectivity index is 1.57. The zero-order valence-electron chi connectivity index (χ0n) is 16.5. The van der Waals surface area contributed by atoms with Gasteiger partial charge < -0.3 is 9.47 Å². The average molecular weight is 421 g/mol. The minimum absolute atomic E-state index is 0.126. The molecule has 0 unspecified atom stereocenters. The Hall–Kier alpha value is -3.31. The molecule has 0 bridgehead atoms. The first-order valence-electron chi connectivity index (χ1n) is 9.61. The Kier molecular flexibility index (Phi) is 6.00. The van der Waals surface area contributed by atoms with Gasteiger partial charge >= 0.3 is 0 Å². The second-order valence-corrected chi connectivity index (χ2v) is 7.33. The molecule has 0 aromatic heterocycles. The van der Waals surface area contributed by atoms with Gasteiger partial charge in [0.1, 0.15) is 11.5 Å². The van der Waals surface area contributed by atoms with Crippen LogP contribution in [-0.4, -0.2) is 30.3 Å². The third-order valence-corrected chi connectivity index (χ3v) is 5.17. The molecule has 30 heavy (non-hydrogen) atoms. The van der Waals surface area contributed by atoms with Gasteiger partial charge in [-0.3, -0.25) is 4.79 Å². The standard InChI is InChI=1S/C24H21ClN2O3/c1-29-20-12-10-18(11-13-20)23-15-22(17-6-3-2-4-7-17)26-27(23)24(28)16-30-21-9-5-8-19(25)14-21/h2-14,23H,15-16H2,1H3/t23-/m0/s1. The Morgan fingerprint density at radius 2 is 1.80 bits per heavy atom. The van der Waals surface area contributed by atoms with E-state index in [2.05, 4.69) is 5.10 Å². The van der Waals surface area contributed by atoms with Gasteiger partial charge in [-0.1, -0.05) is 60.1 Å². The molecule has 1 amide bonds. The molecule has 152 valence electrons. The first-order chi connectivity index (χ1) is 14.6. The first-order valence-corrected chi connectivity index (χ1v) is 9.99. The summed E-state index contributed by atoms with van der Waals surface area (Å²) in [7, 11) is 1.63. The lowest BCUT2D eigenvalue weighted by Crippen LogP contribution is -2.31. The number of nitrogens with zero attached hydrogens (tertiary/aromatic N) is 2. The van der Waals surface area contributed by atoms with Crippen LogP contribution in [0.5, 0.6) is 11.5 Å². The highest BCUT2D eigenvalue weighted by Gasteiger charge is 2.33. The highest BCUT2D eigenvalue weighted by atomic mass is 35.5. The molecule has 0 fully saturated rings. The normalized spacial score (nSPS) is 15.6. The van der Waals surface area contributed by atoms with Gasteiger partial charge in [0.15, 0.2) is 6.61 Å². The largest absolute Gasteiger partial charge is 0.497 e. The number of ether oxygens (including phenoxy) is 2. The fraction of sp³-hybridized carbons (Fsp3) is 0.167. The van der Waals surface area contributed by atoms with Crippen molar-refractivity contribution in [2.75, 3.05) is 13.7 Å². The first kappa shape index (κ1) is 20.0. The number of amides is 1. The van der Waals surface area contributed by atoms with E-state index >= 15 is 0 Å². The summed E-state index contributed by atoms with van der Waals surface area (Å²) in [4.78, 5) is 13.0. The molecular weight excluding hydrogens is 400 g/mol. The fourth-order valence-electron chi connectivity index (χ4n) is 3.40. The fourth-order valence-corrected chi connectivity index (χ4v) is 3.58. The molecule has 4 rings (SSSR count). The lowest BCUT2D eigenvalue weighted by atomic mass is 9.98. The molecule has 1 aliphatic heterocycles. The predicted molar refractivity (Wildman–Crippen MR) is 117 cm³/mol. The van der Waals surface area contributed by atoms with Crippen molar-refractivity contribution in [3.63, 3.8) is 0 Å². The maximum absolute atomic E-state index is 13.0. The van der Waals surface area contributed by atoms with Crippen LogP contribution < -0.4 is 9.47 Å². The Bertz CT molecular complexity index is 1050. The van der Waals surface area contributed by atoms with Gasteiger partial charge in [-0.15, -0.1) is 0 Å². The van der Waals surface area contributed by atoms with Crippen LogP contribution >= 0.6 is 11.6 Å². The van der Waals surface area contributed by atoms with E-state index in [0.717, 1.165) is 22.6 Å². The van der Waals surface area contributed by atoms with Crippen LogP contribution in [0, 0.1) is 0 Å². The molecule has 0 radical (unpaired) electrons. The van der Waals surface area contributed by atoms with Crippen molar-refractivity contribution in [1.29, 1.82) is 0 Å². The minimum atomic E-state index is -0.221. The zero-order valence-corrected chi connectivity index (χ0v) is 17.3. The number of carbonyl (C=O) groups excluding carboxylic acids is 1. The molecule has 0 N–H and O–H groups in total. The molecule has 1 atom stereocenters. The van der Waals surface area contributed by atoms with Crippen molar-refractivity contribution >= 4 is 23.2 Å². The predicted octanol–water partition coefficient (Wildman–Crippen LogP) is 5.11. The molecule has 3 aromatic rings. The highest BCUT2D eigenvalue weighted by Crippen LogP contribution is 2.33. The summed E-state index contributed by atoms with van der Waals surface area (Å²) in [6.07, 6.45) is 0.624. The molecule has 5 nitrogen and oxygen atoms in total. The lowest BCUT2D eigenvalue weighted by Gasteiger charge is -2.22. The third kappa shape index (κ3) is 4.47. The van der Waals surface area contributed by atoms with E-state index < -0.39 is 0 Å². The quantitative estimate of drug-likeness (QED) is 0.557. The van der Waals surface area contributed by atoms with Gasteiger partial charge in [0.2, 0.25) is 0 Å². The minimum Gasteiger partial charge on any atom is -0.497 e. The number of hydrogen-bond acceptors (Lipinski definition) is 4. The molecule has 0 saturated carbocycles. The molecule has 0 aliphatic carbocycles. The van der Waals surface area contributed by atoms with Crippen LogP contribution in [0.4, 0.5) is 0 Å². The molecule has 0 saturated heterocycles. The van der Waals surface area contributed by atoms with Crippen molar-refractivity contribution in [2.45, 2.75) is 12.5 Å². The van der Waals surface area contributed by atoms with E-state index in [-0.39, 0.29) is 18.6 Å². The topological polar surface area (TPSA) is 51.1 Å². The number of hydrogen-bond donors (Lipinski definition) is 0. The van der Waals surface area contributed by atoms with Crippen LogP contribution in [0.3, 0.4) is 0 Å². The van der Waals surface area contributed by atoms with E-state index in [1.165, 1.54) is 5.01 Å². The molecule has 1 aliphatic rings. The molecular formula is C24H21ClN2O3. The maximum atomic E-state index is 13.0. The molecule has 0 spiro atoms. The van der Waals surface area contributed by atoms with Gasteiger partial charge in [0, 0.05) is 11.4 Å².